The maximum absolute atomic E-state index is 12.7. The number of likely N-dealkylation sites (tertiary alicyclic amines) is 1. The second kappa shape index (κ2) is 10.0. The first-order valence-electron chi connectivity index (χ1n) is 10.9. The molecule has 2 aliphatic rings. The minimum absolute atomic E-state index is 0.0260. The number of hydrogen-bond acceptors (Lipinski definition) is 4. The lowest BCUT2D eigenvalue weighted by Gasteiger charge is -2.31. The normalized spacial score (nSPS) is 20.6. The van der Waals surface area contributed by atoms with Gasteiger partial charge in [-0.1, -0.05) is 36.8 Å². The van der Waals surface area contributed by atoms with Gasteiger partial charge in [-0.3, -0.25) is 4.79 Å². The van der Waals surface area contributed by atoms with Gasteiger partial charge in [0.15, 0.2) is 0 Å². The highest BCUT2D eigenvalue weighted by atomic mass is 32.2. The molecule has 6 nitrogen and oxygen atoms in total. The summed E-state index contributed by atoms with van der Waals surface area (Å²) >= 11 is 0. The van der Waals surface area contributed by atoms with Crippen LogP contribution in [0, 0.1) is 18.8 Å². The molecule has 0 aromatic heterocycles. The molecule has 2 saturated heterocycles. The molecule has 2 aliphatic heterocycles. The highest BCUT2D eigenvalue weighted by Crippen LogP contribution is 2.22. The Labute approximate surface area is 175 Å². The number of amides is 1. The third kappa shape index (κ3) is 6.52. The fraction of sp³-hybridized carbons (Fsp3) is 0.682. The van der Waals surface area contributed by atoms with Crippen LogP contribution < -0.4 is 5.32 Å². The summed E-state index contributed by atoms with van der Waals surface area (Å²) in [5, 5.41) is 3.09. The van der Waals surface area contributed by atoms with Crippen LogP contribution in [0.4, 0.5) is 0 Å². The van der Waals surface area contributed by atoms with Crippen LogP contribution in [-0.2, 0) is 20.6 Å². The van der Waals surface area contributed by atoms with Crippen LogP contribution in [0.2, 0.25) is 0 Å². The quantitative estimate of drug-likeness (QED) is 0.700. The molecular weight excluding hydrogens is 386 g/mol. The van der Waals surface area contributed by atoms with Gasteiger partial charge in [-0.25, -0.2) is 12.7 Å². The number of nitrogens with one attached hydrogen (secondary N) is 1. The van der Waals surface area contributed by atoms with Crippen molar-refractivity contribution in [2.75, 3.05) is 39.3 Å². The summed E-state index contributed by atoms with van der Waals surface area (Å²) in [4.78, 5) is 15.0. The zero-order valence-electron chi connectivity index (χ0n) is 17.8. The monoisotopic (exact) mass is 421 g/mol. The zero-order valence-corrected chi connectivity index (χ0v) is 18.6. The third-order valence-electron chi connectivity index (χ3n) is 6.08. The molecule has 162 valence electrons. The van der Waals surface area contributed by atoms with Gasteiger partial charge in [0.25, 0.3) is 0 Å². The van der Waals surface area contributed by atoms with Gasteiger partial charge in [0.2, 0.25) is 15.9 Å². The first-order valence-corrected chi connectivity index (χ1v) is 12.5. The van der Waals surface area contributed by atoms with E-state index in [2.05, 4.69) is 17.1 Å². The van der Waals surface area contributed by atoms with E-state index in [0.29, 0.717) is 38.4 Å². The molecule has 1 aromatic carbocycles. The Bertz CT molecular complexity index is 765. The lowest BCUT2D eigenvalue weighted by Crippen LogP contribution is -2.44. The van der Waals surface area contributed by atoms with Crippen molar-refractivity contribution < 1.29 is 13.2 Å². The van der Waals surface area contributed by atoms with E-state index in [1.807, 2.05) is 31.2 Å². The lowest BCUT2D eigenvalue weighted by atomic mass is 9.97. The Hall–Kier alpha value is -1.44. The summed E-state index contributed by atoms with van der Waals surface area (Å²) in [6, 6.07) is 7.62. The Morgan fingerprint density at radius 1 is 1.10 bits per heavy atom. The number of aryl methyl sites for hydroxylation is 1. The molecule has 2 fully saturated rings. The van der Waals surface area contributed by atoms with Gasteiger partial charge < -0.3 is 10.2 Å². The standard InChI is InChI=1S/C22H35N3O3S/c1-18-5-7-20(8-6-18)17-29(27,28)25-13-9-21(10-14-25)22(26)23-15-19(2)16-24-11-3-4-12-24/h5-8,19,21H,3-4,9-17H2,1-2H3,(H,23,26). The fourth-order valence-electron chi connectivity index (χ4n) is 4.27. The number of carbonyl (C=O) groups excluding carboxylic acids is 1. The molecule has 0 saturated carbocycles. The summed E-state index contributed by atoms with van der Waals surface area (Å²) in [6.07, 6.45) is 3.76. The molecule has 1 atom stereocenters. The van der Waals surface area contributed by atoms with Crippen LogP contribution >= 0.6 is 0 Å². The molecule has 0 aliphatic carbocycles. The van der Waals surface area contributed by atoms with Crippen molar-refractivity contribution in [2.24, 2.45) is 11.8 Å². The second-order valence-corrected chi connectivity index (χ2v) is 10.7. The number of nitrogens with zero attached hydrogens (tertiary/aromatic N) is 2. The molecule has 3 rings (SSSR count). The number of piperidine rings is 1. The van der Waals surface area contributed by atoms with Crippen molar-refractivity contribution >= 4 is 15.9 Å². The van der Waals surface area contributed by atoms with Gasteiger partial charge in [0.1, 0.15) is 0 Å². The summed E-state index contributed by atoms with van der Waals surface area (Å²) in [5.74, 6) is 0.457. The summed E-state index contributed by atoms with van der Waals surface area (Å²) in [7, 11) is -3.34. The second-order valence-electron chi connectivity index (χ2n) is 8.77. The molecular formula is C22H35N3O3S. The van der Waals surface area contributed by atoms with E-state index in [1.165, 1.54) is 25.9 Å². The van der Waals surface area contributed by atoms with Gasteiger partial charge in [-0.15, -0.1) is 0 Å². The number of sulfonamides is 1. The summed E-state index contributed by atoms with van der Waals surface area (Å²) in [5.41, 5.74) is 1.93. The number of hydrogen-bond donors (Lipinski definition) is 1. The predicted octanol–water partition coefficient (Wildman–Crippen LogP) is 2.38. The van der Waals surface area contributed by atoms with Crippen molar-refractivity contribution in [3.8, 4) is 0 Å². The Morgan fingerprint density at radius 3 is 2.34 bits per heavy atom. The topological polar surface area (TPSA) is 69.7 Å². The lowest BCUT2D eigenvalue weighted by molar-refractivity contribution is -0.126. The number of benzene rings is 1. The van der Waals surface area contributed by atoms with Crippen molar-refractivity contribution in [3.63, 3.8) is 0 Å². The van der Waals surface area contributed by atoms with E-state index < -0.39 is 10.0 Å². The van der Waals surface area contributed by atoms with Crippen molar-refractivity contribution in [3.05, 3.63) is 35.4 Å². The van der Waals surface area contributed by atoms with Crippen LogP contribution in [0.25, 0.3) is 0 Å². The average molecular weight is 422 g/mol. The minimum atomic E-state index is -3.34. The number of carbonyl (C=O) groups is 1. The molecule has 1 N–H and O–H groups in total. The van der Waals surface area contributed by atoms with Crippen LogP contribution in [0.5, 0.6) is 0 Å². The van der Waals surface area contributed by atoms with E-state index in [4.69, 9.17) is 0 Å². The number of rotatable bonds is 8. The highest BCUT2D eigenvalue weighted by molar-refractivity contribution is 7.88. The van der Waals surface area contributed by atoms with Crippen LogP contribution in [-0.4, -0.2) is 62.8 Å². The Morgan fingerprint density at radius 2 is 1.72 bits per heavy atom. The molecule has 29 heavy (non-hydrogen) atoms. The van der Waals surface area contributed by atoms with Crippen LogP contribution in [0.15, 0.2) is 24.3 Å². The Kier molecular flexibility index (Phi) is 7.71. The van der Waals surface area contributed by atoms with Gasteiger partial charge in [-0.05, 0) is 57.2 Å². The van der Waals surface area contributed by atoms with Crippen molar-refractivity contribution in [1.29, 1.82) is 0 Å². The van der Waals surface area contributed by atoms with Gasteiger partial charge in [-0.2, -0.15) is 0 Å². The predicted molar refractivity (Wildman–Crippen MR) is 116 cm³/mol. The maximum Gasteiger partial charge on any atom is 0.223 e. The molecule has 0 spiro atoms. The van der Waals surface area contributed by atoms with E-state index in [-0.39, 0.29) is 17.6 Å². The smallest absolute Gasteiger partial charge is 0.223 e. The maximum atomic E-state index is 12.7. The summed E-state index contributed by atoms with van der Waals surface area (Å²) < 4.78 is 27.0. The first-order chi connectivity index (χ1) is 13.8. The SMILES string of the molecule is Cc1ccc(CS(=O)(=O)N2CCC(C(=O)NCC(C)CN3CCCC3)CC2)cc1. The molecule has 7 heteroatoms. The molecule has 0 radical (unpaired) electrons. The van der Waals surface area contributed by atoms with E-state index in [1.54, 1.807) is 4.31 Å². The molecule has 1 unspecified atom stereocenters. The Balaban J connectivity index is 1.41. The first kappa shape index (κ1) is 22.2. The average Bonchev–Trinajstić information content (AvgIpc) is 3.21. The van der Waals surface area contributed by atoms with Gasteiger partial charge in [0, 0.05) is 32.1 Å². The zero-order chi connectivity index (χ0) is 20.9. The van der Waals surface area contributed by atoms with Crippen LogP contribution in [0.3, 0.4) is 0 Å². The van der Waals surface area contributed by atoms with Crippen molar-refractivity contribution in [2.45, 2.75) is 45.3 Å². The van der Waals surface area contributed by atoms with E-state index >= 15 is 0 Å². The van der Waals surface area contributed by atoms with E-state index in [9.17, 15) is 13.2 Å². The third-order valence-corrected chi connectivity index (χ3v) is 7.93. The van der Waals surface area contributed by atoms with Crippen LogP contribution in [0.1, 0.15) is 43.7 Å². The molecule has 1 amide bonds. The highest BCUT2D eigenvalue weighted by Gasteiger charge is 2.31. The van der Waals surface area contributed by atoms with E-state index in [0.717, 1.165) is 17.7 Å². The fourth-order valence-corrected chi connectivity index (χ4v) is 5.84. The molecule has 2 heterocycles. The molecule has 0 bridgehead atoms. The van der Waals surface area contributed by atoms with Gasteiger partial charge >= 0.3 is 0 Å². The molecule has 1 aromatic rings. The largest absolute Gasteiger partial charge is 0.356 e. The van der Waals surface area contributed by atoms with Crippen molar-refractivity contribution in [1.82, 2.24) is 14.5 Å². The summed E-state index contributed by atoms with van der Waals surface area (Å²) in [6.45, 7) is 9.10. The van der Waals surface area contributed by atoms with Gasteiger partial charge in [0.05, 0.1) is 5.75 Å². The minimum Gasteiger partial charge on any atom is -0.356 e.